The van der Waals surface area contributed by atoms with Crippen molar-refractivity contribution in [2.45, 2.75) is 65.6 Å². The summed E-state index contributed by atoms with van der Waals surface area (Å²) in [5.41, 5.74) is 20.0. The smallest absolute Gasteiger partial charge is 0.124 e. The van der Waals surface area contributed by atoms with Gasteiger partial charge in [-0.2, -0.15) is 0 Å². The van der Waals surface area contributed by atoms with Crippen LogP contribution >= 0.6 is 0 Å². The molecule has 2 bridgehead atoms. The molecule has 8 N–H and O–H groups in total. The van der Waals surface area contributed by atoms with Gasteiger partial charge in [0, 0.05) is 55.6 Å². The van der Waals surface area contributed by atoms with E-state index in [9.17, 15) is 5.11 Å². The molecule has 0 aromatic heterocycles. The summed E-state index contributed by atoms with van der Waals surface area (Å²) < 4.78 is 5.01. The number of ether oxygens (including phenoxy) is 1. The molecule has 1 aromatic rings. The van der Waals surface area contributed by atoms with E-state index >= 15 is 0 Å². The molecule has 2 aliphatic heterocycles. The van der Waals surface area contributed by atoms with E-state index in [2.05, 4.69) is 29.0 Å². The van der Waals surface area contributed by atoms with Crippen LogP contribution in [0.25, 0.3) is 5.70 Å². The highest BCUT2D eigenvalue weighted by Crippen LogP contribution is 2.34. The predicted molar refractivity (Wildman–Crippen MR) is 143 cm³/mol. The maximum Gasteiger partial charge on any atom is 0.124 e. The Morgan fingerprint density at radius 1 is 1.15 bits per heavy atom. The first kappa shape index (κ1) is 29.6. The number of aromatic hydroxyl groups is 1. The van der Waals surface area contributed by atoms with E-state index in [0.29, 0.717) is 29.4 Å². The summed E-state index contributed by atoms with van der Waals surface area (Å²) in [7, 11) is 1.92. The Labute approximate surface area is 206 Å². The highest BCUT2D eigenvalue weighted by molar-refractivity contribution is 5.69. The molecule has 0 aliphatic carbocycles. The molecule has 3 rings (SSSR count). The maximum absolute atomic E-state index is 10.0. The number of allylic oxidation sites excluding steroid dienone is 1. The van der Waals surface area contributed by atoms with E-state index in [0.717, 1.165) is 38.5 Å². The Morgan fingerprint density at radius 2 is 1.74 bits per heavy atom. The van der Waals surface area contributed by atoms with Crippen LogP contribution in [-0.4, -0.2) is 72.9 Å². The number of likely N-dealkylation sites (N-methyl/N-ethyl adjacent to an activating group) is 1. The lowest BCUT2D eigenvalue weighted by atomic mass is 10.1. The number of para-hydroxylation sites is 1. The summed E-state index contributed by atoms with van der Waals surface area (Å²) in [5, 5.41) is 13.0. The van der Waals surface area contributed by atoms with Crippen LogP contribution in [0.4, 0.5) is 0 Å². The summed E-state index contributed by atoms with van der Waals surface area (Å²) in [4.78, 5) is 4.85. The van der Waals surface area contributed by atoms with E-state index < -0.39 is 0 Å². The number of nitrogens with one attached hydrogen (secondary N) is 1. The maximum atomic E-state index is 10.0. The number of nitrogens with two attached hydrogens (primary N) is 3. The van der Waals surface area contributed by atoms with Crippen molar-refractivity contribution in [1.82, 2.24) is 15.1 Å². The fourth-order valence-electron chi connectivity index (χ4n) is 4.59. The van der Waals surface area contributed by atoms with Crippen molar-refractivity contribution in [1.29, 1.82) is 0 Å². The first-order chi connectivity index (χ1) is 16.3. The average Bonchev–Trinajstić information content (AvgIpc) is 3.10. The Bertz CT molecular complexity index is 758. The predicted octanol–water partition coefficient (Wildman–Crippen LogP) is 2.60. The Kier molecular flexibility index (Phi) is 13.5. The zero-order chi connectivity index (χ0) is 25.7. The van der Waals surface area contributed by atoms with Crippen LogP contribution in [-0.2, 0) is 4.74 Å². The zero-order valence-electron chi connectivity index (χ0n) is 22.1. The monoisotopic (exact) mass is 476 g/mol. The van der Waals surface area contributed by atoms with E-state index in [1.165, 1.54) is 12.8 Å². The van der Waals surface area contributed by atoms with Crippen molar-refractivity contribution in [3.05, 3.63) is 47.4 Å². The van der Waals surface area contributed by atoms with Gasteiger partial charge in [0.15, 0.2) is 0 Å². The van der Waals surface area contributed by atoms with Gasteiger partial charge >= 0.3 is 0 Å². The van der Waals surface area contributed by atoms with Crippen LogP contribution in [0.5, 0.6) is 5.75 Å². The van der Waals surface area contributed by atoms with Crippen molar-refractivity contribution in [3.63, 3.8) is 0 Å². The van der Waals surface area contributed by atoms with Gasteiger partial charge in [-0.1, -0.05) is 26.0 Å². The quantitative estimate of drug-likeness (QED) is 0.286. The normalized spacial score (nSPS) is 19.7. The van der Waals surface area contributed by atoms with Gasteiger partial charge in [0.25, 0.3) is 0 Å². The minimum absolute atomic E-state index is 0.149. The van der Waals surface area contributed by atoms with E-state index in [1.54, 1.807) is 24.3 Å². The number of phenols is 1. The van der Waals surface area contributed by atoms with Crippen LogP contribution in [0.2, 0.25) is 0 Å². The van der Waals surface area contributed by atoms with Crippen LogP contribution in [0, 0.1) is 0 Å². The lowest BCUT2D eigenvalue weighted by Crippen LogP contribution is -2.55. The largest absolute Gasteiger partial charge is 0.507 e. The lowest BCUT2D eigenvalue weighted by Gasteiger charge is -2.44. The van der Waals surface area contributed by atoms with Gasteiger partial charge in [-0.15, -0.1) is 0 Å². The number of hydrogen-bond acceptors (Lipinski definition) is 8. The number of phenolic OH excluding ortho intramolecular Hbond substituents is 1. The average molecular weight is 477 g/mol. The standard InChI is InChI=1S/C19H29N5O.C5H13NO.C2H6/c1-12(2)24-13-7-8-14(24)11-23(10-13)17(19(21)22)9-16(20)15-5-3-4-6-18(15)25;1-3-7-5-4-6-2;1-2/h3-6,9,12-14,25H,7-8,10-11,20-22H2,1-2H3;6H,3-5H2,1-2H3;1-2H3/b16-9-;;. The minimum Gasteiger partial charge on any atom is -0.507 e. The van der Waals surface area contributed by atoms with Gasteiger partial charge in [0.05, 0.1) is 12.3 Å². The van der Waals surface area contributed by atoms with Gasteiger partial charge in [-0.05, 0) is 58.9 Å². The van der Waals surface area contributed by atoms with Gasteiger partial charge in [0.1, 0.15) is 11.6 Å². The summed E-state index contributed by atoms with van der Waals surface area (Å²) in [6.45, 7) is 14.9. The molecule has 2 unspecified atom stereocenters. The van der Waals surface area contributed by atoms with Crippen molar-refractivity contribution in [2.75, 3.05) is 39.9 Å². The molecule has 2 fully saturated rings. The highest BCUT2D eigenvalue weighted by Gasteiger charge is 2.41. The number of hydrogen-bond donors (Lipinski definition) is 5. The number of nitrogens with zero attached hydrogens (tertiary/aromatic N) is 2. The van der Waals surface area contributed by atoms with Gasteiger partial charge in [-0.3, -0.25) is 4.90 Å². The third-order valence-corrected chi connectivity index (χ3v) is 5.98. The van der Waals surface area contributed by atoms with Gasteiger partial charge in [0.2, 0.25) is 0 Å². The number of piperazine rings is 1. The zero-order valence-corrected chi connectivity index (χ0v) is 22.1. The Morgan fingerprint density at radius 3 is 2.21 bits per heavy atom. The van der Waals surface area contributed by atoms with Crippen LogP contribution < -0.4 is 22.5 Å². The number of fused-ring (bicyclic) bond motifs is 2. The molecule has 34 heavy (non-hydrogen) atoms. The molecule has 0 saturated carbocycles. The van der Waals surface area contributed by atoms with E-state index in [1.807, 2.05) is 33.9 Å². The van der Waals surface area contributed by atoms with Crippen molar-refractivity contribution < 1.29 is 9.84 Å². The lowest BCUT2D eigenvalue weighted by molar-refractivity contribution is 0.0613. The Balaban J connectivity index is 0.000000553. The number of likely N-dealkylation sites (tertiary alicyclic amines) is 1. The topological polar surface area (TPSA) is 126 Å². The molecular formula is C26H48N6O2. The van der Waals surface area contributed by atoms with Crippen LogP contribution in [0.3, 0.4) is 0 Å². The molecule has 194 valence electrons. The van der Waals surface area contributed by atoms with Crippen molar-refractivity contribution in [3.8, 4) is 5.75 Å². The minimum atomic E-state index is 0.149. The third kappa shape index (κ3) is 8.42. The molecule has 2 saturated heterocycles. The van der Waals surface area contributed by atoms with Crippen LogP contribution in [0.1, 0.15) is 53.0 Å². The summed E-state index contributed by atoms with van der Waals surface area (Å²) in [6.07, 6.45) is 4.19. The molecule has 2 heterocycles. The fourth-order valence-corrected chi connectivity index (χ4v) is 4.59. The number of benzene rings is 1. The van der Waals surface area contributed by atoms with E-state index in [-0.39, 0.29) is 11.6 Å². The summed E-state index contributed by atoms with van der Waals surface area (Å²) in [6, 6.07) is 8.60. The van der Waals surface area contributed by atoms with Gasteiger partial charge in [-0.25, -0.2) is 0 Å². The molecule has 0 spiro atoms. The first-order valence-corrected chi connectivity index (χ1v) is 12.6. The fraction of sp³-hybridized carbons (Fsp3) is 0.615. The summed E-state index contributed by atoms with van der Waals surface area (Å²) in [5.74, 6) is 0.409. The number of rotatable bonds is 8. The van der Waals surface area contributed by atoms with E-state index in [4.69, 9.17) is 21.9 Å². The second-order valence-electron chi connectivity index (χ2n) is 8.59. The summed E-state index contributed by atoms with van der Waals surface area (Å²) >= 11 is 0. The Hall–Kier alpha value is -2.42. The molecule has 8 nitrogen and oxygen atoms in total. The second kappa shape index (κ2) is 15.5. The molecule has 0 radical (unpaired) electrons. The second-order valence-corrected chi connectivity index (χ2v) is 8.59. The van der Waals surface area contributed by atoms with Crippen molar-refractivity contribution in [2.24, 2.45) is 17.2 Å². The molecule has 2 atom stereocenters. The SMILES string of the molecule is CC.CC(C)N1C2CCC1CN(C(/C=C(\N)c1ccccc1O)=C(N)N)C2.CCOCCNC. The molecule has 8 heteroatoms. The van der Waals surface area contributed by atoms with Gasteiger partial charge < -0.3 is 37.3 Å². The molecule has 1 aromatic carbocycles. The highest BCUT2D eigenvalue weighted by atomic mass is 16.5. The van der Waals surface area contributed by atoms with Crippen LogP contribution in [0.15, 0.2) is 41.9 Å². The molecule has 0 amide bonds. The molecular weight excluding hydrogens is 428 g/mol. The first-order valence-electron chi connectivity index (χ1n) is 12.6. The third-order valence-electron chi connectivity index (χ3n) is 5.98. The molecule has 2 aliphatic rings. The van der Waals surface area contributed by atoms with Crippen molar-refractivity contribution >= 4 is 5.70 Å².